The number of ether oxygens (including phenoxy) is 1. The molecule has 0 heterocycles. The molecule has 2 rings (SSSR count). The minimum Gasteiger partial charge on any atom is -0.496 e. The highest BCUT2D eigenvalue weighted by Crippen LogP contribution is 2.32. The first kappa shape index (κ1) is 14.9. The monoisotopic (exact) mass is 336 g/mol. The van der Waals surface area contributed by atoms with E-state index in [2.05, 4.69) is 15.9 Å². The molecule has 106 valence electrons. The molecule has 3 nitrogen and oxygen atoms in total. The van der Waals surface area contributed by atoms with Gasteiger partial charge in [0.05, 0.1) is 12.5 Å². The zero-order chi connectivity index (χ0) is 14.9. The number of carbonyl (C=O) groups is 1. The molecule has 0 saturated carbocycles. The highest BCUT2D eigenvalue weighted by atomic mass is 79.9. The Bertz CT molecular complexity index is 662. The van der Waals surface area contributed by atoms with Gasteiger partial charge in [0.2, 0.25) is 0 Å². The number of benzene rings is 2. The van der Waals surface area contributed by atoms with Gasteiger partial charge in [0.15, 0.2) is 0 Å². The van der Waals surface area contributed by atoms with Crippen molar-refractivity contribution in [3.05, 3.63) is 40.4 Å². The number of carboxylic acids is 1. The molecule has 0 atom stereocenters. The van der Waals surface area contributed by atoms with Gasteiger partial charge in [-0.1, -0.05) is 22.0 Å². The summed E-state index contributed by atoms with van der Waals surface area (Å²) in [6, 6.07) is 9.96. The van der Waals surface area contributed by atoms with E-state index in [0.29, 0.717) is 6.42 Å². The average Bonchev–Trinajstić information content (AvgIpc) is 2.37. The minimum atomic E-state index is -0.826. The predicted octanol–water partition coefficient (Wildman–Crippen LogP) is 4.26. The summed E-state index contributed by atoms with van der Waals surface area (Å²) in [4.78, 5) is 11.3. The van der Waals surface area contributed by atoms with Gasteiger partial charge in [0.1, 0.15) is 5.75 Å². The van der Waals surface area contributed by atoms with Gasteiger partial charge >= 0.3 is 5.97 Å². The van der Waals surface area contributed by atoms with Crippen molar-refractivity contribution < 1.29 is 14.6 Å². The number of carboxylic acid groups (broad SMARTS) is 1. The van der Waals surface area contributed by atoms with E-state index >= 15 is 0 Å². The van der Waals surface area contributed by atoms with Crippen LogP contribution in [0.4, 0.5) is 0 Å². The van der Waals surface area contributed by atoms with Gasteiger partial charge in [-0.3, -0.25) is 4.79 Å². The van der Waals surface area contributed by atoms with Gasteiger partial charge in [-0.05, 0) is 60.9 Å². The first-order chi connectivity index (χ1) is 9.33. The van der Waals surface area contributed by atoms with Crippen molar-refractivity contribution >= 4 is 32.7 Å². The second-order valence-corrected chi connectivity index (χ2v) is 6.44. The predicted molar refractivity (Wildman–Crippen MR) is 83.3 cm³/mol. The molecule has 4 heteroatoms. The zero-order valence-electron chi connectivity index (χ0n) is 11.7. The SMILES string of the molecule is COc1cc2ccc(Br)cc2cc1CC(C)(C)C(=O)O. The van der Waals surface area contributed by atoms with Crippen LogP contribution in [-0.4, -0.2) is 18.2 Å². The molecular weight excluding hydrogens is 320 g/mol. The van der Waals surface area contributed by atoms with Gasteiger partial charge in [-0.2, -0.15) is 0 Å². The Hall–Kier alpha value is -1.55. The zero-order valence-corrected chi connectivity index (χ0v) is 13.3. The van der Waals surface area contributed by atoms with Gasteiger partial charge in [-0.15, -0.1) is 0 Å². The van der Waals surface area contributed by atoms with Crippen LogP contribution < -0.4 is 4.74 Å². The van der Waals surface area contributed by atoms with E-state index in [4.69, 9.17) is 4.74 Å². The number of rotatable bonds is 4. The number of hydrogen-bond donors (Lipinski definition) is 1. The molecule has 0 aliphatic rings. The molecule has 2 aromatic carbocycles. The summed E-state index contributed by atoms with van der Waals surface area (Å²) in [5.41, 5.74) is 0.0815. The van der Waals surface area contributed by atoms with Crippen molar-refractivity contribution in [2.75, 3.05) is 7.11 Å². The summed E-state index contributed by atoms with van der Waals surface area (Å²) in [7, 11) is 1.61. The van der Waals surface area contributed by atoms with Gasteiger partial charge in [0.25, 0.3) is 0 Å². The maximum absolute atomic E-state index is 11.3. The molecule has 0 aromatic heterocycles. The van der Waals surface area contributed by atoms with E-state index < -0.39 is 11.4 Å². The van der Waals surface area contributed by atoms with Crippen LogP contribution in [0.2, 0.25) is 0 Å². The average molecular weight is 337 g/mol. The lowest BCUT2D eigenvalue weighted by Crippen LogP contribution is -2.26. The molecule has 20 heavy (non-hydrogen) atoms. The van der Waals surface area contributed by atoms with Crippen molar-refractivity contribution in [2.24, 2.45) is 5.41 Å². The van der Waals surface area contributed by atoms with E-state index in [9.17, 15) is 9.90 Å². The topological polar surface area (TPSA) is 46.5 Å². The number of hydrogen-bond acceptors (Lipinski definition) is 2. The largest absolute Gasteiger partial charge is 0.496 e. The van der Waals surface area contributed by atoms with Gasteiger partial charge < -0.3 is 9.84 Å². The van der Waals surface area contributed by atoms with E-state index in [1.54, 1.807) is 21.0 Å². The van der Waals surface area contributed by atoms with Crippen molar-refractivity contribution in [2.45, 2.75) is 20.3 Å². The van der Waals surface area contributed by atoms with Crippen LogP contribution in [0.15, 0.2) is 34.8 Å². The van der Waals surface area contributed by atoms with E-state index in [0.717, 1.165) is 26.6 Å². The molecule has 1 N–H and O–H groups in total. The highest BCUT2D eigenvalue weighted by Gasteiger charge is 2.28. The Kier molecular flexibility index (Phi) is 4.04. The molecule has 0 aliphatic carbocycles. The number of methoxy groups -OCH3 is 1. The molecule has 0 saturated heterocycles. The quantitative estimate of drug-likeness (QED) is 0.907. The van der Waals surface area contributed by atoms with Gasteiger partial charge in [-0.25, -0.2) is 0 Å². The first-order valence-electron chi connectivity index (χ1n) is 6.33. The van der Waals surface area contributed by atoms with Crippen LogP contribution in [0.1, 0.15) is 19.4 Å². The van der Waals surface area contributed by atoms with E-state index in [-0.39, 0.29) is 0 Å². The number of aliphatic carboxylic acids is 1. The lowest BCUT2D eigenvalue weighted by molar-refractivity contribution is -0.146. The second-order valence-electron chi connectivity index (χ2n) is 5.52. The molecule has 0 unspecified atom stereocenters. The lowest BCUT2D eigenvalue weighted by Gasteiger charge is -2.21. The molecule has 2 aromatic rings. The summed E-state index contributed by atoms with van der Waals surface area (Å²) in [5.74, 6) is -0.0805. The normalized spacial score (nSPS) is 11.6. The number of fused-ring (bicyclic) bond motifs is 1. The standard InChI is InChI=1S/C16H17BrO3/c1-16(2,15(18)19)9-12-6-11-7-13(17)5-4-10(11)8-14(12)20-3/h4-8H,9H2,1-3H3,(H,18,19). The number of halogens is 1. The minimum absolute atomic E-state index is 0.425. The van der Waals surface area contributed by atoms with Gasteiger partial charge in [0, 0.05) is 4.47 Å². The molecule has 0 fully saturated rings. The summed E-state index contributed by atoms with van der Waals surface area (Å²) in [5, 5.41) is 11.4. The highest BCUT2D eigenvalue weighted by molar-refractivity contribution is 9.10. The molecular formula is C16H17BrO3. The maximum atomic E-state index is 11.3. The smallest absolute Gasteiger partial charge is 0.309 e. The summed E-state index contributed by atoms with van der Waals surface area (Å²) >= 11 is 3.45. The van der Waals surface area contributed by atoms with Crippen molar-refractivity contribution in [3.63, 3.8) is 0 Å². The Morgan fingerprint density at radius 1 is 1.25 bits per heavy atom. The molecule has 0 spiro atoms. The van der Waals surface area contributed by atoms with Crippen LogP contribution >= 0.6 is 15.9 Å². The van der Waals surface area contributed by atoms with Crippen LogP contribution in [0.3, 0.4) is 0 Å². The van der Waals surface area contributed by atoms with Crippen LogP contribution in [0.25, 0.3) is 10.8 Å². The molecule has 0 aliphatic heterocycles. The summed E-state index contributed by atoms with van der Waals surface area (Å²) < 4.78 is 6.40. The molecule has 0 bridgehead atoms. The Morgan fingerprint density at radius 3 is 2.55 bits per heavy atom. The third-order valence-electron chi connectivity index (χ3n) is 3.41. The Labute approximate surface area is 126 Å². The summed E-state index contributed by atoms with van der Waals surface area (Å²) in [6.07, 6.45) is 0.425. The Morgan fingerprint density at radius 2 is 1.95 bits per heavy atom. The maximum Gasteiger partial charge on any atom is 0.309 e. The third kappa shape index (κ3) is 2.96. The Balaban J connectivity index is 2.53. The van der Waals surface area contributed by atoms with E-state index in [1.165, 1.54) is 0 Å². The van der Waals surface area contributed by atoms with E-state index in [1.807, 2.05) is 30.3 Å². The van der Waals surface area contributed by atoms with Crippen LogP contribution in [0, 0.1) is 5.41 Å². The van der Waals surface area contributed by atoms with Crippen LogP contribution in [0.5, 0.6) is 5.75 Å². The van der Waals surface area contributed by atoms with Crippen molar-refractivity contribution in [1.82, 2.24) is 0 Å². The third-order valence-corrected chi connectivity index (χ3v) is 3.91. The summed E-state index contributed by atoms with van der Waals surface area (Å²) in [6.45, 7) is 3.44. The molecule has 0 amide bonds. The fourth-order valence-electron chi connectivity index (χ4n) is 2.17. The first-order valence-corrected chi connectivity index (χ1v) is 7.12. The van der Waals surface area contributed by atoms with Crippen molar-refractivity contribution in [1.29, 1.82) is 0 Å². The molecule has 0 radical (unpaired) electrons. The lowest BCUT2D eigenvalue weighted by atomic mass is 9.85. The van der Waals surface area contributed by atoms with Crippen molar-refractivity contribution in [3.8, 4) is 5.75 Å². The van der Waals surface area contributed by atoms with Crippen LogP contribution in [-0.2, 0) is 11.2 Å². The fraction of sp³-hybridized carbons (Fsp3) is 0.312. The second kappa shape index (κ2) is 5.44. The fourth-order valence-corrected chi connectivity index (χ4v) is 2.55.